The summed E-state index contributed by atoms with van der Waals surface area (Å²) >= 11 is 3.12. The maximum Gasteiger partial charge on any atom is 0.276 e. The monoisotopic (exact) mass is 410 g/mol. The van der Waals surface area contributed by atoms with Gasteiger partial charge in [-0.25, -0.2) is 4.39 Å². The number of amides is 2. The van der Waals surface area contributed by atoms with Gasteiger partial charge < -0.3 is 9.47 Å². The van der Waals surface area contributed by atoms with Gasteiger partial charge in [0, 0.05) is 0 Å². The molecule has 0 saturated heterocycles. The highest BCUT2D eigenvalue weighted by Crippen LogP contribution is 2.25. The molecule has 0 aliphatic carbocycles. The summed E-state index contributed by atoms with van der Waals surface area (Å²) in [5.41, 5.74) is 5.49. The molecule has 0 atom stereocenters. The van der Waals surface area contributed by atoms with Gasteiger partial charge in [-0.05, 0) is 53.2 Å². The molecule has 0 bridgehead atoms. The molecule has 2 aromatic rings. The van der Waals surface area contributed by atoms with Crippen molar-refractivity contribution in [3.8, 4) is 11.5 Å². The molecule has 2 aromatic carbocycles. The lowest BCUT2D eigenvalue weighted by molar-refractivity contribution is -0.131. The third kappa shape index (κ3) is 6.42. The van der Waals surface area contributed by atoms with E-state index in [-0.39, 0.29) is 13.2 Å². The van der Waals surface area contributed by atoms with Gasteiger partial charge in [0.1, 0.15) is 17.3 Å². The van der Waals surface area contributed by atoms with Crippen LogP contribution in [0.4, 0.5) is 4.39 Å². The van der Waals surface area contributed by atoms with E-state index in [2.05, 4.69) is 26.8 Å². The third-order valence-corrected chi connectivity index (χ3v) is 3.60. The number of ether oxygens (including phenoxy) is 2. The zero-order chi connectivity index (χ0) is 18.2. The van der Waals surface area contributed by atoms with Crippen molar-refractivity contribution in [2.75, 3.05) is 13.2 Å². The number of nitrogens with one attached hydrogen (secondary N) is 2. The van der Waals surface area contributed by atoms with Crippen LogP contribution in [-0.4, -0.2) is 25.0 Å². The summed E-state index contributed by atoms with van der Waals surface area (Å²) in [4.78, 5) is 23.2. The highest BCUT2D eigenvalue weighted by molar-refractivity contribution is 9.10. The molecular formula is C17H16BrFN2O4. The normalized spacial score (nSPS) is 10.0. The highest BCUT2D eigenvalue weighted by Gasteiger charge is 2.08. The molecule has 0 spiro atoms. The molecule has 2 rings (SSSR count). The van der Waals surface area contributed by atoms with Crippen LogP contribution in [0, 0.1) is 12.7 Å². The van der Waals surface area contributed by atoms with Gasteiger partial charge in [-0.2, -0.15) is 0 Å². The van der Waals surface area contributed by atoms with E-state index in [0.717, 1.165) is 5.56 Å². The molecule has 0 aromatic heterocycles. The molecule has 0 aliphatic heterocycles. The molecule has 0 radical (unpaired) electrons. The van der Waals surface area contributed by atoms with Crippen LogP contribution in [0.2, 0.25) is 0 Å². The second-order valence-corrected chi connectivity index (χ2v) is 5.92. The fourth-order valence-electron chi connectivity index (χ4n) is 1.73. The minimum atomic E-state index is -0.570. The Balaban J connectivity index is 1.68. The van der Waals surface area contributed by atoms with Crippen LogP contribution in [0.1, 0.15) is 5.56 Å². The van der Waals surface area contributed by atoms with E-state index in [1.54, 1.807) is 12.1 Å². The average Bonchev–Trinajstić information content (AvgIpc) is 2.58. The summed E-state index contributed by atoms with van der Waals surface area (Å²) in [5.74, 6) is -0.650. The third-order valence-electron chi connectivity index (χ3n) is 2.98. The Labute approximate surface area is 152 Å². The van der Waals surface area contributed by atoms with Crippen LogP contribution in [0.3, 0.4) is 0 Å². The van der Waals surface area contributed by atoms with Crippen molar-refractivity contribution in [2.45, 2.75) is 6.92 Å². The highest BCUT2D eigenvalue weighted by atomic mass is 79.9. The van der Waals surface area contributed by atoms with Crippen LogP contribution < -0.4 is 20.3 Å². The first-order valence-corrected chi connectivity index (χ1v) is 8.08. The second kappa shape index (κ2) is 9.03. The number of aryl methyl sites for hydroxylation is 1. The van der Waals surface area contributed by atoms with Gasteiger partial charge in [0.15, 0.2) is 13.2 Å². The standard InChI is InChI=1S/C17H16BrFN2O4/c1-11-2-5-13(6-3-11)24-9-16(22)20-21-17(23)10-25-15-7-4-12(19)8-14(15)18/h2-8H,9-10H2,1H3,(H,20,22)(H,21,23). The van der Waals surface area contributed by atoms with Gasteiger partial charge in [0.2, 0.25) is 0 Å². The first-order valence-electron chi connectivity index (χ1n) is 7.29. The predicted molar refractivity (Wildman–Crippen MR) is 92.6 cm³/mol. The molecule has 0 unspecified atom stereocenters. The lowest BCUT2D eigenvalue weighted by atomic mass is 10.2. The van der Waals surface area contributed by atoms with Crippen molar-refractivity contribution in [3.63, 3.8) is 0 Å². The smallest absolute Gasteiger partial charge is 0.276 e. The molecule has 8 heteroatoms. The summed E-state index contributed by atoms with van der Waals surface area (Å²) in [7, 11) is 0. The number of carbonyl (C=O) groups excluding carboxylic acids is 2. The van der Waals surface area contributed by atoms with Crippen LogP contribution in [0.25, 0.3) is 0 Å². The topological polar surface area (TPSA) is 76.7 Å². The van der Waals surface area contributed by atoms with Crippen LogP contribution in [-0.2, 0) is 9.59 Å². The number of hydrazine groups is 1. The minimum absolute atomic E-state index is 0.242. The molecule has 0 heterocycles. The maximum atomic E-state index is 12.9. The Bertz CT molecular complexity index is 753. The SMILES string of the molecule is Cc1ccc(OCC(=O)NNC(=O)COc2ccc(F)cc2Br)cc1. The molecule has 0 saturated carbocycles. The van der Waals surface area contributed by atoms with E-state index in [9.17, 15) is 14.0 Å². The van der Waals surface area contributed by atoms with Crippen LogP contribution in [0.15, 0.2) is 46.9 Å². The van der Waals surface area contributed by atoms with Gasteiger partial charge in [-0.3, -0.25) is 20.4 Å². The summed E-state index contributed by atoms with van der Waals surface area (Å²) < 4.78 is 23.8. The Morgan fingerprint density at radius 1 is 1.00 bits per heavy atom. The Morgan fingerprint density at radius 3 is 2.20 bits per heavy atom. The van der Waals surface area contributed by atoms with Gasteiger partial charge in [0.05, 0.1) is 4.47 Å². The van der Waals surface area contributed by atoms with Gasteiger partial charge in [-0.15, -0.1) is 0 Å². The summed E-state index contributed by atoms with van der Waals surface area (Å²) in [5, 5.41) is 0. The second-order valence-electron chi connectivity index (χ2n) is 5.06. The Hall–Kier alpha value is -2.61. The van der Waals surface area contributed by atoms with E-state index >= 15 is 0 Å². The van der Waals surface area contributed by atoms with E-state index < -0.39 is 17.6 Å². The number of halogens is 2. The van der Waals surface area contributed by atoms with E-state index in [4.69, 9.17) is 9.47 Å². The van der Waals surface area contributed by atoms with Crippen molar-refractivity contribution in [3.05, 3.63) is 58.3 Å². The average molecular weight is 411 g/mol. The van der Waals surface area contributed by atoms with Gasteiger partial charge in [0.25, 0.3) is 11.8 Å². The predicted octanol–water partition coefficient (Wildman–Crippen LogP) is 2.50. The number of rotatable bonds is 6. The van der Waals surface area contributed by atoms with Crippen molar-refractivity contribution in [1.29, 1.82) is 0 Å². The molecular weight excluding hydrogens is 395 g/mol. The van der Waals surface area contributed by atoms with Crippen molar-refractivity contribution in [1.82, 2.24) is 10.9 Å². The largest absolute Gasteiger partial charge is 0.484 e. The lowest BCUT2D eigenvalue weighted by Crippen LogP contribution is -2.45. The maximum absolute atomic E-state index is 12.9. The van der Waals surface area contributed by atoms with Crippen molar-refractivity contribution < 1.29 is 23.5 Å². The zero-order valence-electron chi connectivity index (χ0n) is 13.3. The minimum Gasteiger partial charge on any atom is -0.484 e. The number of hydrogen-bond donors (Lipinski definition) is 2. The fourth-order valence-corrected chi connectivity index (χ4v) is 2.20. The number of benzene rings is 2. The molecule has 0 fully saturated rings. The van der Waals surface area contributed by atoms with Crippen molar-refractivity contribution in [2.24, 2.45) is 0 Å². The zero-order valence-corrected chi connectivity index (χ0v) is 14.9. The van der Waals surface area contributed by atoms with E-state index in [0.29, 0.717) is 16.0 Å². The van der Waals surface area contributed by atoms with Crippen molar-refractivity contribution >= 4 is 27.7 Å². The summed E-state index contributed by atoms with van der Waals surface area (Å²) in [6, 6.07) is 11.0. The molecule has 6 nitrogen and oxygen atoms in total. The first kappa shape index (κ1) is 18.7. The first-order chi connectivity index (χ1) is 11.9. The van der Waals surface area contributed by atoms with Gasteiger partial charge in [-0.1, -0.05) is 17.7 Å². The van der Waals surface area contributed by atoms with E-state index in [1.807, 2.05) is 19.1 Å². The number of carbonyl (C=O) groups is 2. The van der Waals surface area contributed by atoms with E-state index in [1.165, 1.54) is 18.2 Å². The number of hydrogen-bond acceptors (Lipinski definition) is 4. The molecule has 2 amide bonds. The molecule has 2 N–H and O–H groups in total. The fraction of sp³-hybridized carbons (Fsp3) is 0.176. The summed E-state index contributed by atoms with van der Waals surface area (Å²) in [6.07, 6.45) is 0. The summed E-state index contributed by atoms with van der Waals surface area (Å²) in [6.45, 7) is 1.36. The molecule has 0 aliphatic rings. The van der Waals surface area contributed by atoms with Gasteiger partial charge >= 0.3 is 0 Å². The lowest BCUT2D eigenvalue weighted by Gasteiger charge is -2.10. The van der Waals surface area contributed by atoms with Crippen LogP contribution in [0.5, 0.6) is 11.5 Å². The quantitative estimate of drug-likeness (QED) is 0.717. The van der Waals surface area contributed by atoms with Crippen LogP contribution >= 0.6 is 15.9 Å². The molecule has 25 heavy (non-hydrogen) atoms. The molecule has 132 valence electrons. The Kier molecular flexibility index (Phi) is 6.76. The Morgan fingerprint density at radius 2 is 1.60 bits per heavy atom.